The number of aromatic nitrogens is 1. The molecule has 2 aromatic rings. The third kappa shape index (κ3) is 4.20. The lowest BCUT2D eigenvalue weighted by Gasteiger charge is -2.25. The Balaban J connectivity index is 1.58. The number of piperidine rings is 1. The SMILES string of the molecule is O=S(=O)(c1ccc(CNCc2ccccn2)cc1)N1CCCCC1. The number of rotatable bonds is 6. The summed E-state index contributed by atoms with van der Waals surface area (Å²) in [6.45, 7) is 2.64. The van der Waals surface area contributed by atoms with Gasteiger partial charge in [0.1, 0.15) is 0 Å². The molecular weight excluding hydrogens is 322 g/mol. The zero-order valence-electron chi connectivity index (χ0n) is 13.7. The Morgan fingerprint density at radius 1 is 0.958 bits per heavy atom. The highest BCUT2D eigenvalue weighted by atomic mass is 32.2. The molecule has 1 aliphatic rings. The highest BCUT2D eigenvalue weighted by Crippen LogP contribution is 2.20. The summed E-state index contributed by atoms with van der Waals surface area (Å²) in [5.41, 5.74) is 2.05. The number of sulfonamides is 1. The van der Waals surface area contributed by atoms with E-state index in [0.29, 0.717) is 31.1 Å². The Morgan fingerprint density at radius 2 is 1.71 bits per heavy atom. The third-order valence-corrected chi connectivity index (χ3v) is 6.15. The van der Waals surface area contributed by atoms with Gasteiger partial charge in [-0.1, -0.05) is 24.6 Å². The van der Waals surface area contributed by atoms with Gasteiger partial charge in [0.2, 0.25) is 10.0 Å². The molecule has 0 amide bonds. The van der Waals surface area contributed by atoms with Gasteiger partial charge in [0.15, 0.2) is 0 Å². The van der Waals surface area contributed by atoms with Gasteiger partial charge in [-0.25, -0.2) is 8.42 Å². The van der Waals surface area contributed by atoms with Gasteiger partial charge in [-0.3, -0.25) is 4.98 Å². The zero-order chi connectivity index (χ0) is 16.8. The summed E-state index contributed by atoms with van der Waals surface area (Å²) in [6, 6.07) is 13.0. The van der Waals surface area contributed by atoms with Crippen LogP contribution in [-0.2, 0) is 23.1 Å². The van der Waals surface area contributed by atoms with E-state index in [4.69, 9.17) is 0 Å². The summed E-state index contributed by atoms with van der Waals surface area (Å²) >= 11 is 0. The molecule has 3 rings (SSSR count). The van der Waals surface area contributed by atoms with Crippen LogP contribution in [0.2, 0.25) is 0 Å². The van der Waals surface area contributed by atoms with Crippen LogP contribution in [0.5, 0.6) is 0 Å². The van der Waals surface area contributed by atoms with Gasteiger partial charge >= 0.3 is 0 Å². The molecule has 2 heterocycles. The molecule has 0 bridgehead atoms. The molecule has 0 radical (unpaired) electrons. The summed E-state index contributed by atoms with van der Waals surface area (Å²) in [5.74, 6) is 0. The number of pyridine rings is 1. The summed E-state index contributed by atoms with van der Waals surface area (Å²) in [7, 11) is -3.34. The Hall–Kier alpha value is -1.76. The van der Waals surface area contributed by atoms with Crippen molar-refractivity contribution in [2.45, 2.75) is 37.2 Å². The molecule has 0 atom stereocenters. The summed E-state index contributed by atoms with van der Waals surface area (Å²) in [6.07, 6.45) is 4.80. The first kappa shape index (κ1) is 17.1. The van der Waals surface area contributed by atoms with Crippen molar-refractivity contribution in [2.24, 2.45) is 0 Å². The molecule has 0 spiro atoms. The van der Waals surface area contributed by atoms with Crippen molar-refractivity contribution in [3.8, 4) is 0 Å². The van der Waals surface area contributed by atoms with Crippen molar-refractivity contribution in [1.82, 2.24) is 14.6 Å². The van der Waals surface area contributed by atoms with E-state index >= 15 is 0 Å². The lowest BCUT2D eigenvalue weighted by molar-refractivity contribution is 0.346. The van der Waals surface area contributed by atoms with Crippen molar-refractivity contribution >= 4 is 10.0 Å². The van der Waals surface area contributed by atoms with E-state index in [1.165, 1.54) is 0 Å². The normalized spacial score (nSPS) is 16.2. The van der Waals surface area contributed by atoms with Crippen LogP contribution in [0.15, 0.2) is 53.6 Å². The number of benzene rings is 1. The number of nitrogens with one attached hydrogen (secondary N) is 1. The van der Waals surface area contributed by atoms with Crippen molar-refractivity contribution in [3.63, 3.8) is 0 Å². The first-order valence-electron chi connectivity index (χ1n) is 8.36. The van der Waals surface area contributed by atoms with Gasteiger partial charge in [-0.15, -0.1) is 0 Å². The molecule has 1 aromatic heterocycles. The maximum atomic E-state index is 12.6. The van der Waals surface area contributed by atoms with Gasteiger partial charge in [-0.05, 0) is 42.7 Å². The summed E-state index contributed by atoms with van der Waals surface area (Å²) < 4.78 is 26.8. The minimum atomic E-state index is -3.34. The predicted molar refractivity (Wildman–Crippen MR) is 93.8 cm³/mol. The Morgan fingerprint density at radius 3 is 2.38 bits per heavy atom. The molecular formula is C18H23N3O2S. The average molecular weight is 345 g/mol. The molecule has 1 aliphatic heterocycles. The van der Waals surface area contributed by atoms with Crippen LogP contribution >= 0.6 is 0 Å². The first-order chi connectivity index (χ1) is 11.7. The molecule has 0 unspecified atom stereocenters. The van der Waals surface area contributed by atoms with Gasteiger partial charge in [0.05, 0.1) is 10.6 Å². The molecule has 0 saturated carbocycles. The molecule has 24 heavy (non-hydrogen) atoms. The monoisotopic (exact) mass is 345 g/mol. The van der Waals surface area contributed by atoms with E-state index < -0.39 is 10.0 Å². The average Bonchev–Trinajstić information content (AvgIpc) is 2.64. The van der Waals surface area contributed by atoms with Crippen LogP contribution in [0.4, 0.5) is 0 Å². The van der Waals surface area contributed by atoms with Crippen LogP contribution in [0.3, 0.4) is 0 Å². The molecule has 1 fully saturated rings. The highest BCUT2D eigenvalue weighted by molar-refractivity contribution is 7.89. The second kappa shape index (κ2) is 7.88. The van der Waals surface area contributed by atoms with Gasteiger partial charge < -0.3 is 5.32 Å². The second-order valence-electron chi connectivity index (χ2n) is 6.03. The van der Waals surface area contributed by atoms with Crippen molar-refractivity contribution in [2.75, 3.05) is 13.1 Å². The van der Waals surface area contributed by atoms with Crippen LogP contribution in [-0.4, -0.2) is 30.8 Å². The van der Waals surface area contributed by atoms with Gasteiger partial charge in [0.25, 0.3) is 0 Å². The van der Waals surface area contributed by atoms with Crippen LogP contribution < -0.4 is 5.32 Å². The van der Waals surface area contributed by atoms with E-state index in [-0.39, 0.29) is 0 Å². The van der Waals surface area contributed by atoms with Gasteiger partial charge in [0, 0.05) is 32.4 Å². The standard InChI is InChI=1S/C18H23N3O2S/c22-24(23,21-12-4-1-5-13-21)18-9-7-16(8-10-18)14-19-15-17-6-2-3-11-20-17/h2-3,6-11,19H,1,4-5,12-15H2. The van der Waals surface area contributed by atoms with E-state index in [2.05, 4.69) is 10.3 Å². The van der Waals surface area contributed by atoms with Crippen molar-refractivity contribution in [3.05, 3.63) is 59.9 Å². The quantitative estimate of drug-likeness (QED) is 0.874. The zero-order valence-corrected chi connectivity index (χ0v) is 14.5. The fourth-order valence-corrected chi connectivity index (χ4v) is 4.39. The molecule has 1 saturated heterocycles. The Kier molecular flexibility index (Phi) is 5.60. The molecule has 5 nitrogen and oxygen atoms in total. The molecule has 6 heteroatoms. The first-order valence-corrected chi connectivity index (χ1v) is 9.80. The van der Waals surface area contributed by atoms with E-state index in [9.17, 15) is 8.42 Å². The van der Waals surface area contributed by atoms with E-state index in [1.54, 1.807) is 22.6 Å². The van der Waals surface area contributed by atoms with Crippen LogP contribution in [0.25, 0.3) is 0 Å². The Labute approximate surface area is 143 Å². The Bertz CT molecular complexity index is 740. The van der Waals surface area contributed by atoms with Crippen LogP contribution in [0.1, 0.15) is 30.5 Å². The molecule has 1 N–H and O–H groups in total. The van der Waals surface area contributed by atoms with Crippen molar-refractivity contribution < 1.29 is 8.42 Å². The molecule has 128 valence electrons. The summed E-state index contributed by atoms with van der Waals surface area (Å²) in [5, 5.41) is 3.32. The minimum Gasteiger partial charge on any atom is -0.307 e. The number of nitrogens with zero attached hydrogens (tertiary/aromatic N) is 2. The van der Waals surface area contributed by atoms with Crippen molar-refractivity contribution in [1.29, 1.82) is 0 Å². The molecule has 0 aliphatic carbocycles. The lowest BCUT2D eigenvalue weighted by atomic mass is 10.2. The van der Waals surface area contributed by atoms with E-state index in [0.717, 1.165) is 30.5 Å². The fourth-order valence-electron chi connectivity index (χ4n) is 2.87. The highest BCUT2D eigenvalue weighted by Gasteiger charge is 2.25. The number of hydrogen-bond acceptors (Lipinski definition) is 4. The molecule has 1 aromatic carbocycles. The topological polar surface area (TPSA) is 62.3 Å². The maximum Gasteiger partial charge on any atom is 0.243 e. The largest absolute Gasteiger partial charge is 0.307 e. The predicted octanol–water partition coefficient (Wildman–Crippen LogP) is 2.55. The fraction of sp³-hybridized carbons (Fsp3) is 0.389. The van der Waals surface area contributed by atoms with Gasteiger partial charge in [-0.2, -0.15) is 4.31 Å². The maximum absolute atomic E-state index is 12.6. The smallest absolute Gasteiger partial charge is 0.243 e. The third-order valence-electron chi connectivity index (χ3n) is 4.24. The van der Waals surface area contributed by atoms with E-state index in [1.807, 2.05) is 30.3 Å². The lowest BCUT2D eigenvalue weighted by Crippen LogP contribution is -2.35. The number of hydrogen-bond donors (Lipinski definition) is 1. The van der Waals surface area contributed by atoms with Crippen LogP contribution in [0, 0.1) is 0 Å². The summed E-state index contributed by atoms with van der Waals surface area (Å²) in [4.78, 5) is 4.65. The minimum absolute atomic E-state index is 0.387. The second-order valence-corrected chi connectivity index (χ2v) is 7.97.